The fourth-order valence-electron chi connectivity index (χ4n) is 1.69. The zero-order valence-corrected chi connectivity index (χ0v) is 9.76. The highest BCUT2D eigenvalue weighted by Gasteiger charge is 2.25. The molecule has 1 rings (SSSR count). The van der Waals surface area contributed by atoms with Crippen molar-refractivity contribution in [1.82, 2.24) is 9.78 Å². The fraction of sp³-hybridized carbons (Fsp3) is 0.727. The third-order valence-corrected chi connectivity index (χ3v) is 2.24. The molecule has 0 bridgehead atoms. The van der Waals surface area contributed by atoms with E-state index >= 15 is 0 Å². The Kier molecular flexibility index (Phi) is 2.88. The maximum absolute atomic E-state index is 9.90. The molecular weight excluding hydrogens is 176 g/mol. The summed E-state index contributed by atoms with van der Waals surface area (Å²) in [5.41, 5.74) is 1.61. The lowest BCUT2D eigenvalue weighted by molar-refractivity contribution is 0.422. The number of aromatic nitrogens is 2. The summed E-state index contributed by atoms with van der Waals surface area (Å²) < 4.78 is 1.92. The van der Waals surface area contributed by atoms with Crippen molar-refractivity contribution in [2.45, 2.75) is 53.0 Å². The minimum atomic E-state index is -0.0550. The first-order valence-corrected chi connectivity index (χ1v) is 5.14. The molecule has 1 aromatic heterocycles. The van der Waals surface area contributed by atoms with E-state index in [1.165, 1.54) is 0 Å². The van der Waals surface area contributed by atoms with Crippen molar-refractivity contribution in [2.75, 3.05) is 0 Å². The second-order valence-electron chi connectivity index (χ2n) is 4.76. The first-order valence-electron chi connectivity index (χ1n) is 5.14. The van der Waals surface area contributed by atoms with Crippen molar-refractivity contribution < 1.29 is 5.11 Å². The molecule has 0 atom stereocenters. The molecule has 14 heavy (non-hydrogen) atoms. The average molecular weight is 196 g/mol. The van der Waals surface area contributed by atoms with Crippen LogP contribution in [-0.2, 0) is 12.0 Å². The van der Waals surface area contributed by atoms with E-state index in [4.69, 9.17) is 0 Å². The largest absolute Gasteiger partial charge is 0.504 e. The summed E-state index contributed by atoms with van der Waals surface area (Å²) in [4.78, 5) is 0. The zero-order valence-electron chi connectivity index (χ0n) is 9.76. The number of aryl methyl sites for hydroxylation is 2. The monoisotopic (exact) mass is 196 g/mol. The third kappa shape index (κ3) is 1.91. The van der Waals surface area contributed by atoms with Gasteiger partial charge in [0.1, 0.15) is 5.69 Å². The number of nitrogens with zero attached hydrogens (tertiary/aromatic N) is 2. The average Bonchev–Trinajstić information content (AvgIpc) is 2.27. The predicted molar refractivity (Wildman–Crippen MR) is 57.6 cm³/mol. The van der Waals surface area contributed by atoms with Gasteiger partial charge in [-0.15, -0.1) is 0 Å². The lowest BCUT2D eigenvalue weighted by Crippen LogP contribution is -2.18. The molecule has 3 heteroatoms. The topological polar surface area (TPSA) is 38.0 Å². The summed E-state index contributed by atoms with van der Waals surface area (Å²) in [6.45, 7) is 11.1. The molecule has 3 nitrogen and oxygen atoms in total. The minimum Gasteiger partial charge on any atom is -0.504 e. The van der Waals surface area contributed by atoms with Gasteiger partial charge in [-0.1, -0.05) is 27.7 Å². The zero-order chi connectivity index (χ0) is 10.9. The lowest BCUT2D eigenvalue weighted by atomic mass is 9.91. The quantitative estimate of drug-likeness (QED) is 0.789. The fourth-order valence-corrected chi connectivity index (χ4v) is 1.69. The first kappa shape index (κ1) is 11.1. The highest BCUT2D eigenvalue weighted by atomic mass is 16.3. The Morgan fingerprint density at radius 3 is 2.36 bits per heavy atom. The molecule has 80 valence electrons. The molecule has 0 radical (unpaired) electrons. The second-order valence-corrected chi connectivity index (χ2v) is 4.76. The number of aromatic hydroxyl groups is 1. The molecule has 0 aromatic carbocycles. The van der Waals surface area contributed by atoms with E-state index in [1.807, 2.05) is 11.6 Å². The Bertz CT molecular complexity index is 321. The molecule has 1 heterocycles. The molecule has 0 aliphatic carbocycles. The summed E-state index contributed by atoms with van der Waals surface area (Å²) in [5, 5.41) is 14.2. The Hall–Kier alpha value is -0.990. The molecule has 0 unspecified atom stereocenters. The third-order valence-electron chi connectivity index (χ3n) is 2.24. The van der Waals surface area contributed by atoms with Crippen LogP contribution in [0.15, 0.2) is 0 Å². The van der Waals surface area contributed by atoms with Crippen LogP contribution in [0.2, 0.25) is 0 Å². The summed E-state index contributed by atoms with van der Waals surface area (Å²) in [6, 6.07) is 0. The maximum Gasteiger partial charge on any atom is 0.160 e. The van der Waals surface area contributed by atoms with Crippen LogP contribution < -0.4 is 0 Å². The van der Waals surface area contributed by atoms with Gasteiger partial charge in [0.15, 0.2) is 5.75 Å². The highest BCUT2D eigenvalue weighted by Crippen LogP contribution is 2.32. The van der Waals surface area contributed by atoms with Crippen LogP contribution in [-0.4, -0.2) is 14.9 Å². The van der Waals surface area contributed by atoms with E-state index in [0.717, 1.165) is 24.4 Å². The molecule has 0 saturated carbocycles. The lowest BCUT2D eigenvalue weighted by Gasteiger charge is -2.20. The van der Waals surface area contributed by atoms with Crippen molar-refractivity contribution in [3.05, 3.63) is 11.4 Å². The van der Waals surface area contributed by atoms with Crippen LogP contribution in [0, 0.1) is 6.92 Å². The van der Waals surface area contributed by atoms with Gasteiger partial charge >= 0.3 is 0 Å². The van der Waals surface area contributed by atoms with Gasteiger partial charge in [-0.3, -0.25) is 4.68 Å². The number of hydrogen-bond acceptors (Lipinski definition) is 2. The van der Waals surface area contributed by atoms with E-state index in [-0.39, 0.29) is 5.41 Å². The number of rotatable bonds is 2. The molecule has 0 spiro atoms. The molecule has 1 N–H and O–H groups in total. The van der Waals surface area contributed by atoms with Gasteiger partial charge in [-0.05, 0) is 13.3 Å². The summed E-state index contributed by atoms with van der Waals surface area (Å²) in [6.07, 6.45) is 1.03. The van der Waals surface area contributed by atoms with Crippen LogP contribution >= 0.6 is 0 Å². The van der Waals surface area contributed by atoms with Crippen LogP contribution in [0.3, 0.4) is 0 Å². The normalized spacial score (nSPS) is 12.1. The van der Waals surface area contributed by atoms with Crippen molar-refractivity contribution >= 4 is 0 Å². The SMILES string of the molecule is CCCn1nc(C)c(O)c1C(C)(C)C. The van der Waals surface area contributed by atoms with Gasteiger partial charge in [0.2, 0.25) is 0 Å². The van der Waals surface area contributed by atoms with Gasteiger partial charge < -0.3 is 5.11 Å². The summed E-state index contributed by atoms with van der Waals surface area (Å²) >= 11 is 0. The number of hydrogen-bond donors (Lipinski definition) is 1. The van der Waals surface area contributed by atoms with Crippen LogP contribution in [0.1, 0.15) is 45.5 Å². The molecule has 1 aromatic rings. The molecule has 0 fully saturated rings. The van der Waals surface area contributed by atoms with Crippen LogP contribution in [0.5, 0.6) is 5.75 Å². The minimum absolute atomic E-state index is 0.0550. The van der Waals surface area contributed by atoms with Gasteiger partial charge in [-0.2, -0.15) is 5.10 Å². The van der Waals surface area contributed by atoms with Gasteiger partial charge in [0, 0.05) is 12.0 Å². The summed E-state index contributed by atoms with van der Waals surface area (Å²) in [7, 11) is 0. The molecule has 0 aliphatic heterocycles. The van der Waals surface area contributed by atoms with E-state index in [2.05, 4.69) is 32.8 Å². The Morgan fingerprint density at radius 2 is 1.93 bits per heavy atom. The molecular formula is C11H20N2O. The van der Waals surface area contributed by atoms with Crippen molar-refractivity contribution in [3.8, 4) is 5.75 Å². The van der Waals surface area contributed by atoms with Crippen molar-refractivity contribution in [3.63, 3.8) is 0 Å². The molecule has 0 saturated heterocycles. The van der Waals surface area contributed by atoms with E-state index in [1.54, 1.807) is 0 Å². The van der Waals surface area contributed by atoms with Gasteiger partial charge in [0.25, 0.3) is 0 Å². The van der Waals surface area contributed by atoms with E-state index < -0.39 is 0 Å². The highest BCUT2D eigenvalue weighted by molar-refractivity contribution is 5.35. The van der Waals surface area contributed by atoms with Crippen molar-refractivity contribution in [2.24, 2.45) is 0 Å². The Balaban J connectivity index is 3.23. The first-order chi connectivity index (χ1) is 6.38. The van der Waals surface area contributed by atoms with Crippen LogP contribution in [0.25, 0.3) is 0 Å². The second kappa shape index (κ2) is 3.64. The summed E-state index contributed by atoms with van der Waals surface area (Å²) in [5.74, 6) is 0.353. The van der Waals surface area contributed by atoms with Gasteiger partial charge in [0.05, 0.1) is 5.69 Å². The van der Waals surface area contributed by atoms with Crippen molar-refractivity contribution in [1.29, 1.82) is 0 Å². The standard InChI is InChI=1S/C11H20N2O/c1-6-7-13-10(11(3,4)5)9(14)8(2)12-13/h14H,6-7H2,1-5H3. The maximum atomic E-state index is 9.90. The van der Waals surface area contributed by atoms with Gasteiger partial charge in [-0.25, -0.2) is 0 Å². The molecule has 0 amide bonds. The Morgan fingerprint density at radius 1 is 1.36 bits per heavy atom. The smallest absolute Gasteiger partial charge is 0.160 e. The molecule has 0 aliphatic rings. The predicted octanol–water partition coefficient (Wildman–Crippen LogP) is 2.60. The van der Waals surface area contributed by atoms with E-state index in [9.17, 15) is 5.11 Å². The van der Waals surface area contributed by atoms with Crippen LogP contribution in [0.4, 0.5) is 0 Å². The van der Waals surface area contributed by atoms with E-state index in [0.29, 0.717) is 5.75 Å². The Labute approximate surface area is 85.8 Å².